The molecule has 32 heavy (non-hydrogen) atoms. The van der Waals surface area contributed by atoms with Crippen LogP contribution in [0, 0.1) is 6.92 Å². The molecular formula is C29H20N2O. The van der Waals surface area contributed by atoms with Crippen molar-refractivity contribution in [2.75, 3.05) is 0 Å². The summed E-state index contributed by atoms with van der Waals surface area (Å²) in [5.74, 6) is 0.630. The molecule has 3 nitrogen and oxygen atoms in total. The van der Waals surface area contributed by atoms with E-state index in [4.69, 9.17) is 14.4 Å². The highest BCUT2D eigenvalue weighted by Crippen LogP contribution is 2.30. The summed E-state index contributed by atoms with van der Waals surface area (Å²) < 4.78 is 5.98. The van der Waals surface area contributed by atoms with Crippen LogP contribution in [0.25, 0.3) is 44.1 Å². The van der Waals surface area contributed by atoms with Crippen molar-refractivity contribution in [2.24, 2.45) is 4.99 Å². The number of aryl methyl sites for hydroxylation is 1. The van der Waals surface area contributed by atoms with Gasteiger partial charge in [-0.3, -0.25) is 4.99 Å². The molecule has 0 bridgehead atoms. The topological polar surface area (TPSA) is 38.4 Å². The summed E-state index contributed by atoms with van der Waals surface area (Å²) in [7, 11) is 0. The Bertz CT molecular complexity index is 1590. The Kier molecular flexibility index (Phi) is 4.32. The predicted molar refractivity (Wildman–Crippen MR) is 133 cm³/mol. The molecule has 0 aliphatic heterocycles. The Morgan fingerprint density at radius 1 is 0.750 bits per heavy atom. The van der Waals surface area contributed by atoms with E-state index in [2.05, 4.69) is 73.7 Å². The van der Waals surface area contributed by atoms with Crippen molar-refractivity contribution >= 4 is 44.5 Å². The molecule has 0 saturated carbocycles. The SMILES string of the molecule is Cc1cccc(-c2nc3cc(N=Cc4c5ccccc5cc5ccccc45)ccc3o2)c1. The first-order valence-corrected chi connectivity index (χ1v) is 10.7. The molecule has 0 saturated heterocycles. The van der Waals surface area contributed by atoms with E-state index in [1.165, 1.54) is 27.1 Å². The average Bonchev–Trinajstić information content (AvgIpc) is 3.25. The summed E-state index contributed by atoms with van der Waals surface area (Å²) in [5, 5.41) is 4.81. The third kappa shape index (κ3) is 3.25. The second kappa shape index (κ2) is 7.47. The maximum atomic E-state index is 5.98. The van der Waals surface area contributed by atoms with Gasteiger partial charge in [0.1, 0.15) is 5.52 Å². The van der Waals surface area contributed by atoms with Gasteiger partial charge in [-0.05, 0) is 64.9 Å². The van der Waals surface area contributed by atoms with Crippen molar-refractivity contribution < 1.29 is 4.42 Å². The van der Waals surface area contributed by atoms with Gasteiger partial charge in [-0.1, -0.05) is 66.2 Å². The summed E-state index contributed by atoms with van der Waals surface area (Å²) in [6.07, 6.45) is 1.97. The summed E-state index contributed by atoms with van der Waals surface area (Å²) in [5.41, 5.74) is 5.69. The summed E-state index contributed by atoms with van der Waals surface area (Å²) in [4.78, 5) is 9.52. The molecule has 0 aliphatic carbocycles. The van der Waals surface area contributed by atoms with Gasteiger partial charge in [0.05, 0.1) is 5.69 Å². The molecule has 0 spiro atoms. The molecule has 1 aromatic heterocycles. The molecule has 1 heterocycles. The minimum absolute atomic E-state index is 0.630. The Hall–Kier alpha value is -4.24. The minimum atomic E-state index is 0.630. The van der Waals surface area contributed by atoms with Crippen molar-refractivity contribution in [3.63, 3.8) is 0 Å². The number of hydrogen-bond acceptors (Lipinski definition) is 3. The second-order valence-electron chi connectivity index (χ2n) is 8.03. The first-order chi connectivity index (χ1) is 15.7. The van der Waals surface area contributed by atoms with Crippen LogP contribution < -0.4 is 0 Å². The zero-order valence-electron chi connectivity index (χ0n) is 17.6. The van der Waals surface area contributed by atoms with Crippen LogP contribution in [-0.4, -0.2) is 11.2 Å². The van der Waals surface area contributed by atoms with E-state index in [0.29, 0.717) is 5.89 Å². The lowest BCUT2D eigenvalue weighted by atomic mass is 9.97. The maximum absolute atomic E-state index is 5.98. The van der Waals surface area contributed by atoms with Gasteiger partial charge in [0, 0.05) is 17.3 Å². The van der Waals surface area contributed by atoms with Gasteiger partial charge >= 0.3 is 0 Å². The van der Waals surface area contributed by atoms with Gasteiger partial charge in [0.15, 0.2) is 5.58 Å². The lowest BCUT2D eigenvalue weighted by Crippen LogP contribution is -1.88. The molecule has 0 N–H and O–H groups in total. The van der Waals surface area contributed by atoms with E-state index in [0.717, 1.165) is 27.9 Å². The van der Waals surface area contributed by atoms with Gasteiger partial charge in [-0.2, -0.15) is 0 Å². The Morgan fingerprint density at radius 3 is 2.25 bits per heavy atom. The number of aromatic nitrogens is 1. The Balaban J connectivity index is 1.44. The van der Waals surface area contributed by atoms with Crippen LogP contribution in [0.4, 0.5) is 5.69 Å². The Morgan fingerprint density at radius 2 is 1.50 bits per heavy atom. The molecular weight excluding hydrogens is 392 g/mol. The lowest BCUT2D eigenvalue weighted by molar-refractivity contribution is 0.620. The van der Waals surface area contributed by atoms with Crippen LogP contribution >= 0.6 is 0 Å². The predicted octanol–water partition coefficient (Wildman–Crippen LogP) is 7.86. The van der Waals surface area contributed by atoms with Crippen molar-refractivity contribution in [3.8, 4) is 11.5 Å². The molecule has 152 valence electrons. The number of fused-ring (bicyclic) bond motifs is 3. The van der Waals surface area contributed by atoms with Crippen LogP contribution in [0.15, 0.2) is 106 Å². The molecule has 0 fully saturated rings. The maximum Gasteiger partial charge on any atom is 0.227 e. The van der Waals surface area contributed by atoms with E-state index < -0.39 is 0 Å². The molecule has 0 radical (unpaired) electrons. The van der Waals surface area contributed by atoms with Gasteiger partial charge in [0.25, 0.3) is 0 Å². The highest BCUT2D eigenvalue weighted by Gasteiger charge is 2.09. The van der Waals surface area contributed by atoms with E-state index in [1.54, 1.807) is 0 Å². The fourth-order valence-electron chi connectivity index (χ4n) is 4.22. The number of rotatable bonds is 3. The monoisotopic (exact) mass is 412 g/mol. The largest absolute Gasteiger partial charge is 0.436 e. The number of nitrogens with zero attached hydrogens (tertiary/aromatic N) is 2. The third-order valence-corrected chi connectivity index (χ3v) is 5.79. The standard InChI is InChI=1S/C29H20N2O/c1-19-7-6-10-22(15-19)29-31-27-17-23(13-14-28(27)32-29)30-18-26-24-11-4-2-8-20(24)16-21-9-3-5-12-25(21)26/h2-18H,1H3. The van der Waals surface area contributed by atoms with E-state index >= 15 is 0 Å². The average molecular weight is 412 g/mol. The van der Waals surface area contributed by atoms with Crippen LogP contribution in [0.5, 0.6) is 0 Å². The zero-order valence-corrected chi connectivity index (χ0v) is 17.6. The van der Waals surface area contributed by atoms with Crippen LogP contribution in [0.2, 0.25) is 0 Å². The van der Waals surface area contributed by atoms with Crippen LogP contribution in [0.3, 0.4) is 0 Å². The van der Waals surface area contributed by atoms with Gasteiger partial charge in [-0.15, -0.1) is 0 Å². The second-order valence-corrected chi connectivity index (χ2v) is 8.03. The third-order valence-electron chi connectivity index (χ3n) is 5.79. The quantitative estimate of drug-likeness (QED) is 0.219. The molecule has 0 atom stereocenters. The highest BCUT2D eigenvalue weighted by atomic mass is 16.3. The van der Waals surface area contributed by atoms with Crippen molar-refractivity contribution in [2.45, 2.75) is 6.92 Å². The zero-order chi connectivity index (χ0) is 21.5. The van der Waals surface area contributed by atoms with E-state index in [9.17, 15) is 0 Å². The normalized spacial score (nSPS) is 11.8. The summed E-state index contributed by atoms with van der Waals surface area (Å²) in [6, 6.07) is 33.2. The van der Waals surface area contributed by atoms with Crippen molar-refractivity contribution in [1.82, 2.24) is 4.98 Å². The highest BCUT2D eigenvalue weighted by molar-refractivity contribution is 6.13. The molecule has 6 aromatic rings. The molecule has 3 heteroatoms. The van der Waals surface area contributed by atoms with E-state index in [1.807, 2.05) is 36.5 Å². The molecule has 0 unspecified atom stereocenters. The van der Waals surface area contributed by atoms with Gasteiger partial charge in [-0.25, -0.2) is 4.98 Å². The lowest BCUT2D eigenvalue weighted by Gasteiger charge is -2.07. The van der Waals surface area contributed by atoms with E-state index in [-0.39, 0.29) is 0 Å². The van der Waals surface area contributed by atoms with Crippen molar-refractivity contribution in [3.05, 3.63) is 108 Å². The van der Waals surface area contributed by atoms with Crippen LogP contribution in [-0.2, 0) is 0 Å². The number of oxazole rings is 1. The summed E-state index contributed by atoms with van der Waals surface area (Å²) >= 11 is 0. The van der Waals surface area contributed by atoms with Crippen LogP contribution in [0.1, 0.15) is 11.1 Å². The smallest absolute Gasteiger partial charge is 0.227 e. The minimum Gasteiger partial charge on any atom is -0.436 e. The summed E-state index contributed by atoms with van der Waals surface area (Å²) in [6.45, 7) is 2.07. The van der Waals surface area contributed by atoms with Crippen molar-refractivity contribution in [1.29, 1.82) is 0 Å². The fraction of sp³-hybridized carbons (Fsp3) is 0.0345. The Labute approximate surface area is 185 Å². The molecule has 5 aromatic carbocycles. The van der Waals surface area contributed by atoms with Gasteiger partial charge < -0.3 is 4.42 Å². The number of aliphatic imine (C=N–C) groups is 1. The molecule has 0 amide bonds. The molecule has 0 aliphatic rings. The number of hydrogen-bond donors (Lipinski definition) is 0. The first-order valence-electron chi connectivity index (χ1n) is 10.7. The van der Waals surface area contributed by atoms with Gasteiger partial charge in [0.2, 0.25) is 5.89 Å². The first kappa shape index (κ1) is 18.5. The number of benzene rings is 5. The fourth-order valence-corrected chi connectivity index (χ4v) is 4.22. The molecule has 6 rings (SSSR count).